The number of benzene rings is 1. The summed E-state index contributed by atoms with van der Waals surface area (Å²) in [5.74, 6) is 1.38. The van der Waals surface area contributed by atoms with Crippen molar-refractivity contribution >= 4 is 6.09 Å². The molecule has 1 aliphatic heterocycles. The van der Waals surface area contributed by atoms with Gasteiger partial charge in [0.05, 0.1) is 25.8 Å². The highest BCUT2D eigenvalue weighted by molar-refractivity contribution is 5.66. The van der Waals surface area contributed by atoms with Crippen molar-refractivity contribution in [2.45, 2.75) is 18.6 Å². The van der Waals surface area contributed by atoms with Gasteiger partial charge in [-0.05, 0) is 30.7 Å². The Balaban J connectivity index is 1.91. The summed E-state index contributed by atoms with van der Waals surface area (Å²) in [6.45, 7) is 0.377. The Labute approximate surface area is 111 Å². The van der Waals surface area contributed by atoms with Gasteiger partial charge in [-0.25, -0.2) is 4.79 Å². The van der Waals surface area contributed by atoms with Crippen molar-refractivity contribution < 1.29 is 24.5 Å². The molecule has 0 saturated carbocycles. The smallest absolute Gasteiger partial charge is 0.407 e. The SMILES string of the molecule is COc1ccc(OC[C@H]2C[C@H](O)CN2C(=O)O)cc1. The Morgan fingerprint density at radius 2 is 2.00 bits per heavy atom. The van der Waals surface area contributed by atoms with Crippen LogP contribution in [0.5, 0.6) is 11.5 Å². The zero-order valence-corrected chi connectivity index (χ0v) is 10.7. The number of methoxy groups -OCH3 is 1. The van der Waals surface area contributed by atoms with E-state index >= 15 is 0 Å². The molecule has 1 aromatic carbocycles. The molecule has 104 valence electrons. The first-order valence-corrected chi connectivity index (χ1v) is 6.04. The maximum absolute atomic E-state index is 11.0. The second-order valence-corrected chi connectivity index (χ2v) is 4.46. The molecule has 2 rings (SSSR count). The minimum atomic E-state index is -1.03. The highest BCUT2D eigenvalue weighted by Gasteiger charge is 2.34. The molecule has 0 radical (unpaired) electrons. The molecule has 0 bridgehead atoms. The minimum absolute atomic E-state index is 0.145. The minimum Gasteiger partial charge on any atom is -0.497 e. The molecular formula is C13H17NO5. The van der Waals surface area contributed by atoms with Crippen LogP contribution in [0.2, 0.25) is 0 Å². The molecule has 2 atom stereocenters. The zero-order chi connectivity index (χ0) is 13.8. The van der Waals surface area contributed by atoms with Gasteiger partial charge in [0, 0.05) is 0 Å². The van der Waals surface area contributed by atoms with Crippen LogP contribution in [0.25, 0.3) is 0 Å². The fourth-order valence-electron chi connectivity index (χ4n) is 2.15. The third kappa shape index (κ3) is 3.29. The van der Waals surface area contributed by atoms with Gasteiger partial charge in [0.15, 0.2) is 0 Å². The Kier molecular flexibility index (Phi) is 4.11. The van der Waals surface area contributed by atoms with Crippen LogP contribution in [0.1, 0.15) is 6.42 Å². The van der Waals surface area contributed by atoms with Crippen molar-refractivity contribution in [2.24, 2.45) is 0 Å². The van der Waals surface area contributed by atoms with Gasteiger partial charge in [-0.15, -0.1) is 0 Å². The molecule has 1 saturated heterocycles. The van der Waals surface area contributed by atoms with E-state index in [9.17, 15) is 9.90 Å². The van der Waals surface area contributed by atoms with Crippen LogP contribution in [0.4, 0.5) is 4.79 Å². The molecule has 2 N–H and O–H groups in total. The van der Waals surface area contributed by atoms with Crippen LogP contribution < -0.4 is 9.47 Å². The average molecular weight is 267 g/mol. The molecule has 0 spiro atoms. The summed E-state index contributed by atoms with van der Waals surface area (Å²) in [6.07, 6.45) is -1.23. The number of nitrogens with zero attached hydrogens (tertiary/aromatic N) is 1. The first-order chi connectivity index (χ1) is 9.10. The number of carbonyl (C=O) groups is 1. The number of aliphatic hydroxyl groups is 1. The number of hydrogen-bond donors (Lipinski definition) is 2. The Bertz CT molecular complexity index is 433. The first kappa shape index (κ1) is 13.5. The van der Waals surface area contributed by atoms with Crippen molar-refractivity contribution in [1.82, 2.24) is 4.90 Å². The molecule has 6 nitrogen and oxygen atoms in total. The lowest BCUT2D eigenvalue weighted by Gasteiger charge is -2.21. The quantitative estimate of drug-likeness (QED) is 0.856. The summed E-state index contributed by atoms with van der Waals surface area (Å²) in [6, 6.07) is 6.75. The molecular weight excluding hydrogens is 250 g/mol. The number of rotatable bonds is 4. The number of aliphatic hydroxyl groups excluding tert-OH is 1. The summed E-state index contributed by atoms with van der Waals surface area (Å²) in [5.41, 5.74) is 0. The molecule has 19 heavy (non-hydrogen) atoms. The van der Waals surface area contributed by atoms with Gasteiger partial charge in [0.2, 0.25) is 0 Å². The van der Waals surface area contributed by atoms with E-state index in [2.05, 4.69) is 0 Å². The maximum Gasteiger partial charge on any atom is 0.407 e. The summed E-state index contributed by atoms with van der Waals surface area (Å²) in [5, 5.41) is 18.5. The molecule has 0 aliphatic carbocycles. The van der Waals surface area contributed by atoms with E-state index in [1.54, 1.807) is 31.4 Å². The second kappa shape index (κ2) is 5.79. The predicted octanol–water partition coefficient (Wildman–Crippen LogP) is 1.19. The molecule has 1 amide bonds. The van der Waals surface area contributed by atoms with E-state index in [-0.39, 0.29) is 19.2 Å². The lowest BCUT2D eigenvalue weighted by atomic mass is 10.2. The normalized spacial score (nSPS) is 22.3. The number of amides is 1. The van der Waals surface area contributed by atoms with E-state index < -0.39 is 12.2 Å². The third-order valence-corrected chi connectivity index (χ3v) is 3.14. The monoisotopic (exact) mass is 267 g/mol. The first-order valence-electron chi connectivity index (χ1n) is 6.04. The van der Waals surface area contributed by atoms with Gasteiger partial charge < -0.3 is 19.7 Å². The number of likely N-dealkylation sites (tertiary alicyclic amines) is 1. The summed E-state index contributed by atoms with van der Waals surface area (Å²) in [4.78, 5) is 12.2. The maximum atomic E-state index is 11.0. The van der Waals surface area contributed by atoms with Crippen LogP contribution in [0.15, 0.2) is 24.3 Å². The summed E-state index contributed by atoms with van der Waals surface area (Å²) >= 11 is 0. The fraction of sp³-hybridized carbons (Fsp3) is 0.462. The Morgan fingerprint density at radius 1 is 1.37 bits per heavy atom. The highest BCUT2D eigenvalue weighted by atomic mass is 16.5. The van der Waals surface area contributed by atoms with E-state index in [0.29, 0.717) is 12.2 Å². The lowest BCUT2D eigenvalue weighted by molar-refractivity contribution is 0.119. The zero-order valence-electron chi connectivity index (χ0n) is 10.7. The van der Waals surface area contributed by atoms with Crippen molar-refractivity contribution in [3.8, 4) is 11.5 Å². The molecule has 0 unspecified atom stereocenters. The Hall–Kier alpha value is -1.95. The summed E-state index contributed by atoms with van der Waals surface area (Å²) < 4.78 is 10.6. The van der Waals surface area contributed by atoms with E-state index in [0.717, 1.165) is 5.75 Å². The molecule has 1 fully saturated rings. The topological polar surface area (TPSA) is 79.2 Å². The van der Waals surface area contributed by atoms with Gasteiger partial charge in [0.25, 0.3) is 0 Å². The van der Waals surface area contributed by atoms with E-state index in [1.165, 1.54) is 4.90 Å². The van der Waals surface area contributed by atoms with Crippen LogP contribution in [-0.2, 0) is 0 Å². The van der Waals surface area contributed by atoms with E-state index in [4.69, 9.17) is 14.6 Å². The molecule has 1 aromatic rings. The molecule has 6 heteroatoms. The van der Waals surface area contributed by atoms with Crippen LogP contribution in [0, 0.1) is 0 Å². The van der Waals surface area contributed by atoms with Gasteiger partial charge in [-0.3, -0.25) is 4.90 Å². The van der Waals surface area contributed by atoms with Crippen LogP contribution in [0.3, 0.4) is 0 Å². The standard InChI is InChI=1S/C13H17NO5/c1-18-11-2-4-12(5-3-11)19-8-9-6-10(15)7-14(9)13(16)17/h2-5,9-10,15H,6-8H2,1H3,(H,16,17)/t9-,10+/m1/s1. The van der Waals surface area contributed by atoms with E-state index in [1.807, 2.05) is 0 Å². The molecule has 1 heterocycles. The number of ether oxygens (including phenoxy) is 2. The molecule has 1 aliphatic rings. The third-order valence-electron chi connectivity index (χ3n) is 3.14. The van der Waals surface area contributed by atoms with Crippen LogP contribution in [-0.4, -0.2) is 53.6 Å². The van der Waals surface area contributed by atoms with Crippen molar-refractivity contribution in [3.05, 3.63) is 24.3 Å². The van der Waals surface area contributed by atoms with Gasteiger partial charge in [-0.1, -0.05) is 0 Å². The molecule has 0 aromatic heterocycles. The average Bonchev–Trinajstić information content (AvgIpc) is 2.78. The predicted molar refractivity (Wildman–Crippen MR) is 67.6 cm³/mol. The van der Waals surface area contributed by atoms with Gasteiger partial charge >= 0.3 is 6.09 Å². The van der Waals surface area contributed by atoms with Crippen LogP contribution >= 0.6 is 0 Å². The van der Waals surface area contributed by atoms with Gasteiger partial charge in [0.1, 0.15) is 18.1 Å². The number of carboxylic acid groups (broad SMARTS) is 1. The summed E-state index contributed by atoms with van der Waals surface area (Å²) in [7, 11) is 1.58. The van der Waals surface area contributed by atoms with Crippen molar-refractivity contribution in [1.29, 1.82) is 0 Å². The van der Waals surface area contributed by atoms with Crippen molar-refractivity contribution in [3.63, 3.8) is 0 Å². The number of β-amino-alcohol motifs (C(OH)–C–C–N with tert-alkyl or cyclic N) is 1. The highest BCUT2D eigenvalue weighted by Crippen LogP contribution is 2.21. The number of hydrogen-bond acceptors (Lipinski definition) is 4. The fourth-order valence-corrected chi connectivity index (χ4v) is 2.15. The Morgan fingerprint density at radius 3 is 2.58 bits per heavy atom. The van der Waals surface area contributed by atoms with Crippen molar-refractivity contribution in [2.75, 3.05) is 20.3 Å². The second-order valence-electron chi connectivity index (χ2n) is 4.46. The largest absolute Gasteiger partial charge is 0.497 e. The van der Waals surface area contributed by atoms with Gasteiger partial charge in [-0.2, -0.15) is 0 Å². The lowest BCUT2D eigenvalue weighted by Crippen LogP contribution is -2.38.